The van der Waals surface area contributed by atoms with Crippen molar-refractivity contribution in [2.75, 3.05) is 13.1 Å². The summed E-state index contributed by atoms with van der Waals surface area (Å²) in [6.07, 6.45) is -0.0445. The Morgan fingerprint density at radius 1 is 1.09 bits per heavy atom. The van der Waals surface area contributed by atoms with E-state index >= 15 is 0 Å². The molecule has 0 unspecified atom stereocenters. The molecular weight excluding hydrogens is 502 g/mol. The molecule has 0 radical (unpaired) electrons. The Morgan fingerprint density at radius 3 is 2.40 bits per heavy atom. The molecule has 184 valence electrons. The van der Waals surface area contributed by atoms with Gasteiger partial charge in [-0.25, -0.2) is 17.2 Å². The molecule has 11 heteroatoms. The van der Waals surface area contributed by atoms with Gasteiger partial charge in [0.25, 0.3) is 0 Å². The molecule has 0 saturated carbocycles. The van der Waals surface area contributed by atoms with Crippen LogP contribution in [0.3, 0.4) is 0 Å². The van der Waals surface area contributed by atoms with E-state index in [-0.39, 0.29) is 30.0 Å². The quantitative estimate of drug-likeness (QED) is 0.468. The van der Waals surface area contributed by atoms with E-state index in [4.69, 9.17) is 27.2 Å². The molecule has 0 spiro atoms. The van der Waals surface area contributed by atoms with Crippen molar-refractivity contribution >= 4 is 27.6 Å². The Balaban J connectivity index is 1.62. The van der Waals surface area contributed by atoms with Crippen molar-refractivity contribution in [3.8, 4) is 5.75 Å². The highest BCUT2D eigenvalue weighted by Gasteiger charge is 2.52. The molecule has 1 aliphatic heterocycles. The number of carboxylic acids is 1. The summed E-state index contributed by atoms with van der Waals surface area (Å²) in [5.74, 6) is -2.93. The maximum atomic E-state index is 14.0. The molecule has 1 heterocycles. The number of hydrogen-bond donors (Lipinski definition) is 2. The lowest BCUT2D eigenvalue weighted by Crippen LogP contribution is -2.64. The van der Waals surface area contributed by atoms with Crippen molar-refractivity contribution in [1.82, 2.24) is 4.31 Å². The fourth-order valence-electron chi connectivity index (χ4n) is 3.83. The fourth-order valence-corrected chi connectivity index (χ4v) is 5.56. The number of ether oxygens (including phenoxy) is 1. The van der Waals surface area contributed by atoms with Gasteiger partial charge in [0, 0.05) is 10.6 Å². The highest BCUT2D eigenvalue weighted by Crippen LogP contribution is 2.40. The van der Waals surface area contributed by atoms with Crippen LogP contribution in [0.15, 0.2) is 71.6 Å². The summed E-state index contributed by atoms with van der Waals surface area (Å²) in [6.45, 7) is -0.330. The second-order valence-corrected chi connectivity index (χ2v) is 10.6. The Hall–Kier alpha value is -3.05. The molecule has 3 N–H and O–H groups in total. The first kappa shape index (κ1) is 25.1. The lowest BCUT2D eigenvalue weighted by Gasteiger charge is -2.48. The Morgan fingerprint density at radius 2 is 1.77 bits per heavy atom. The molecule has 3 aromatic rings. The van der Waals surface area contributed by atoms with Crippen LogP contribution in [-0.2, 0) is 26.8 Å². The zero-order valence-corrected chi connectivity index (χ0v) is 19.8. The first-order valence-corrected chi connectivity index (χ1v) is 12.3. The van der Waals surface area contributed by atoms with E-state index in [1.54, 1.807) is 30.3 Å². The van der Waals surface area contributed by atoms with Crippen LogP contribution in [0.5, 0.6) is 5.75 Å². The third kappa shape index (κ3) is 5.15. The van der Waals surface area contributed by atoms with E-state index < -0.39 is 39.3 Å². The summed E-state index contributed by atoms with van der Waals surface area (Å²) in [4.78, 5) is 11.0. The molecule has 1 aliphatic rings. The van der Waals surface area contributed by atoms with Crippen molar-refractivity contribution in [3.63, 3.8) is 0 Å². The SMILES string of the molecule is N[C@@H](Cc1cccc(S(=O)(=O)N2CC(Oc3ccc(Cl)cc3)(c3ccc(F)c(F)c3)C2)c1)C(=O)O. The van der Waals surface area contributed by atoms with Crippen LogP contribution >= 0.6 is 11.6 Å². The Bertz CT molecular complexity index is 1360. The highest BCUT2D eigenvalue weighted by atomic mass is 35.5. The largest absolute Gasteiger partial charge is 0.480 e. The molecule has 3 aromatic carbocycles. The number of carbonyl (C=O) groups is 1. The van der Waals surface area contributed by atoms with Crippen molar-refractivity contribution < 1.29 is 31.8 Å². The van der Waals surface area contributed by atoms with Gasteiger partial charge in [-0.05, 0) is 60.5 Å². The van der Waals surface area contributed by atoms with Gasteiger partial charge in [0.15, 0.2) is 17.2 Å². The minimum Gasteiger partial charge on any atom is -0.480 e. The van der Waals surface area contributed by atoms with Gasteiger partial charge in [-0.1, -0.05) is 29.8 Å². The molecule has 1 atom stereocenters. The van der Waals surface area contributed by atoms with Crippen LogP contribution in [0.25, 0.3) is 0 Å². The average molecular weight is 523 g/mol. The fraction of sp³-hybridized carbons (Fsp3) is 0.208. The number of halogens is 3. The molecule has 35 heavy (non-hydrogen) atoms. The molecule has 0 aromatic heterocycles. The number of nitrogens with zero attached hydrogens (tertiary/aromatic N) is 1. The van der Waals surface area contributed by atoms with Crippen molar-refractivity contribution in [1.29, 1.82) is 0 Å². The van der Waals surface area contributed by atoms with Crippen LogP contribution in [0.4, 0.5) is 8.78 Å². The summed E-state index contributed by atoms with van der Waals surface area (Å²) in [5.41, 5.74) is 5.03. The maximum absolute atomic E-state index is 14.0. The Kier molecular flexibility index (Phi) is 6.83. The summed E-state index contributed by atoms with van der Waals surface area (Å²) >= 11 is 5.92. The van der Waals surface area contributed by atoms with Gasteiger partial charge in [0.2, 0.25) is 10.0 Å². The van der Waals surface area contributed by atoms with Crippen molar-refractivity contribution in [2.45, 2.75) is 23.0 Å². The zero-order valence-electron chi connectivity index (χ0n) is 18.2. The van der Waals surface area contributed by atoms with Gasteiger partial charge >= 0.3 is 5.97 Å². The second-order valence-electron chi connectivity index (χ2n) is 8.25. The smallest absolute Gasteiger partial charge is 0.320 e. The Labute approximate surface area is 205 Å². The lowest BCUT2D eigenvalue weighted by molar-refractivity contribution is -0.138. The number of rotatable bonds is 8. The summed E-state index contributed by atoms with van der Waals surface area (Å²) in [6, 6.07) is 14.4. The van der Waals surface area contributed by atoms with E-state index in [1.165, 1.54) is 24.3 Å². The van der Waals surface area contributed by atoms with Crippen LogP contribution in [-0.4, -0.2) is 42.9 Å². The number of sulfonamides is 1. The van der Waals surface area contributed by atoms with Gasteiger partial charge in [-0.3, -0.25) is 4.79 Å². The maximum Gasteiger partial charge on any atom is 0.320 e. The first-order valence-electron chi connectivity index (χ1n) is 10.5. The molecular formula is C24H21ClF2N2O5S. The minimum atomic E-state index is -4.00. The van der Waals surface area contributed by atoms with Crippen LogP contribution in [0.1, 0.15) is 11.1 Å². The zero-order chi connectivity index (χ0) is 25.4. The third-order valence-electron chi connectivity index (χ3n) is 5.75. The molecule has 1 fully saturated rings. The van der Waals surface area contributed by atoms with Gasteiger partial charge in [-0.2, -0.15) is 4.31 Å². The summed E-state index contributed by atoms with van der Waals surface area (Å²) < 4.78 is 61.4. The average Bonchev–Trinajstić information content (AvgIpc) is 2.79. The van der Waals surface area contributed by atoms with Gasteiger partial charge in [0.05, 0.1) is 18.0 Å². The van der Waals surface area contributed by atoms with Crippen molar-refractivity contribution in [2.24, 2.45) is 5.73 Å². The summed E-state index contributed by atoms with van der Waals surface area (Å²) in [5, 5.41) is 9.50. The number of benzene rings is 3. The van der Waals surface area contributed by atoms with E-state index in [9.17, 15) is 22.0 Å². The number of hydrogen-bond acceptors (Lipinski definition) is 5. The molecule has 7 nitrogen and oxygen atoms in total. The van der Waals surface area contributed by atoms with Gasteiger partial charge in [-0.15, -0.1) is 0 Å². The van der Waals surface area contributed by atoms with E-state index in [1.807, 2.05) is 0 Å². The van der Waals surface area contributed by atoms with Gasteiger partial charge < -0.3 is 15.6 Å². The van der Waals surface area contributed by atoms with Crippen LogP contribution < -0.4 is 10.5 Å². The normalized spacial score (nSPS) is 16.3. The lowest BCUT2D eigenvalue weighted by atomic mass is 9.87. The molecule has 4 rings (SSSR count). The van der Waals surface area contributed by atoms with Crippen molar-refractivity contribution in [3.05, 3.63) is 94.5 Å². The predicted molar refractivity (Wildman–Crippen MR) is 125 cm³/mol. The molecule has 0 amide bonds. The van der Waals surface area contributed by atoms with E-state index in [2.05, 4.69) is 0 Å². The topological polar surface area (TPSA) is 110 Å². The summed E-state index contributed by atoms with van der Waals surface area (Å²) in [7, 11) is -4.00. The minimum absolute atomic E-state index is 0.0435. The second kappa shape index (κ2) is 9.54. The monoisotopic (exact) mass is 522 g/mol. The number of nitrogens with two attached hydrogens (primary N) is 1. The molecule has 0 bridgehead atoms. The van der Waals surface area contributed by atoms with E-state index in [0.29, 0.717) is 16.3 Å². The molecule has 0 aliphatic carbocycles. The van der Waals surface area contributed by atoms with Crippen LogP contribution in [0.2, 0.25) is 5.02 Å². The van der Waals surface area contributed by atoms with E-state index in [0.717, 1.165) is 16.4 Å². The first-order chi connectivity index (χ1) is 16.5. The predicted octanol–water partition coefficient (Wildman–Crippen LogP) is 3.55. The number of carboxylic acid groups (broad SMARTS) is 1. The number of aliphatic carboxylic acids is 1. The van der Waals surface area contributed by atoms with Gasteiger partial charge in [0.1, 0.15) is 11.8 Å². The van der Waals surface area contributed by atoms with Crippen LogP contribution in [0, 0.1) is 11.6 Å². The highest BCUT2D eigenvalue weighted by molar-refractivity contribution is 7.89. The standard InChI is InChI=1S/C24H21ClF2N2O5S/c25-17-5-7-18(8-6-17)34-24(16-4-9-20(26)21(27)12-16)13-29(14-24)35(32,33)19-3-1-2-15(10-19)11-22(28)23(30)31/h1-10,12,22H,11,13-14,28H2,(H,30,31)/t22-/m0/s1. The third-order valence-corrected chi connectivity index (χ3v) is 7.78. The molecule has 1 saturated heterocycles.